The van der Waals surface area contributed by atoms with Gasteiger partial charge >= 0.3 is 0 Å². The summed E-state index contributed by atoms with van der Waals surface area (Å²) in [6, 6.07) is 0. The summed E-state index contributed by atoms with van der Waals surface area (Å²) in [5.41, 5.74) is 0. The van der Waals surface area contributed by atoms with Crippen LogP contribution in [0.2, 0.25) is 0 Å². The molecule has 1 rings (SSSR count). The lowest BCUT2D eigenvalue weighted by Crippen LogP contribution is -2.30. The van der Waals surface area contributed by atoms with Crippen LogP contribution < -0.4 is 0 Å². The average Bonchev–Trinajstić information content (AvgIpc) is 1.83. The molecule has 54 valence electrons. The van der Waals surface area contributed by atoms with Crippen molar-refractivity contribution in [2.24, 2.45) is 11.8 Å². The second kappa shape index (κ2) is 2.70. The summed E-state index contributed by atoms with van der Waals surface area (Å²) in [6.07, 6.45) is 1.72. The first-order valence-electron chi connectivity index (χ1n) is 3.83. The Morgan fingerprint density at radius 1 is 1.22 bits per heavy atom. The largest absolute Gasteiger partial charge is 0.378 e. The van der Waals surface area contributed by atoms with Crippen molar-refractivity contribution in [2.45, 2.75) is 33.3 Å². The first kappa shape index (κ1) is 7.07. The van der Waals surface area contributed by atoms with Crippen molar-refractivity contribution >= 4 is 0 Å². The van der Waals surface area contributed by atoms with Gasteiger partial charge in [0.1, 0.15) is 0 Å². The van der Waals surface area contributed by atoms with Gasteiger partial charge in [0.05, 0.1) is 6.10 Å². The van der Waals surface area contributed by atoms with Gasteiger partial charge in [-0.05, 0) is 25.2 Å². The first-order chi connectivity index (χ1) is 4.22. The monoisotopic (exact) mass is 128 g/mol. The van der Waals surface area contributed by atoms with Gasteiger partial charge in [-0.1, -0.05) is 13.8 Å². The molecule has 3 atom stereocenters. The average molecular weight is 128 g/mol. The van der Waals surface area contributed by atoms with E-state index in [4.69, 9.17) is 4.74 Å². The van der Waals surface area contributed by atoms with Crippen LogP contribution in [-0.4, -0.2) is 12.7 Å². The van der Waals surface area contributed by atoms with Crippen LogP contribution in [0.3, 0.4) is 0 Å². The zero-order valence-corrected chi connectivity index (χ0v) is 6.55. The molecule has 1 heterocycles. The van der Waals surface area contributed by atoms with Crippen molar-refractivity contribution in [1.29, 1.82) is 0 Å². The minimum Gasteiger partial charge on any atom is -0.378 e. The highest BCUT2D eigenvalue weighted by Crippen LogP contribution is 2.25. The van der Waals surface area contributed by atoms with E-state index in [1.54, 1.807) is 0 Å². The molecule has 0 bridgehead atoms. The van der Waals surface area contributed by atoms with Gasteiger partial charge in [-0.3, -0.25) is 0 Å². The van der Waals surface area contributed by atoms with Crippen molar-refractivity contribution in [2.75, 3.05) is 6.61 Å². The quantitative estimate of drug-likeness (QED) is 0.485. The molecule has 0 unspecified atom stereocenters. The third-order valence-corrected chi connectivity index (χ3v) is 2.59. The summed E-state index contributed by atoms with van der Waals surface area (Å²) in [5.74, 6) is 1.60. The molecule has 1 saturated heterocycles. The van der Waals surface area contributed by atoms with Crippen LogP contribution in [0, 0.1) is 11.8 Å². The Morgan fingerprint density at radius 3 is 2.33 bits per heavy atom. The molecule has 1 fully saturated rings. The maximum Gasteiger partial charge on any atom is 0.0575 e. The highest BCUT2D eigenvalue weighted by Gasteiger charge is 2.23. The van der Waals surface area contributed by atoms with E-state index in [0.29, 0.717) is 6.10 Å². The van der Waals surface area contributed by atoms with E-state index >= 15 is 0 Å². The van der Waals surface area contributed by atoms with Gasteiger partial charge < -0.3 is 4.74 Å². The lowest BCUT2D eigenvalue weighted by atomic mass is 9.87. The molecule has 1 nitrogen and oxygen atoms in total. The van der Waals surface area contributed by atoms with Crippen molar-refractivity contribution < 1.29 is 4.74 Å². The Morgan fingerprint density at radius 2 is 1.89 bits per heavy atom. The molecule has 0 spiro atoms. The minimum absolute atomic E-state index is 0.480. The van der Waals surface area contributed by atoms with Crippen molar-refractivity contribution in [3.8, 4) is 0 Å². The van der Waals surface area contributed by atoms with Gasteiger partial charge in [-0.25, -0.2) is 0 Å². The fraction of sp³-hybridized carbons (Fsp3) is 1.00. The smallest absolute Gasteiger partial charge is 0.0575 e. The summed E-state index contributed by atoms with van der Waals surface area (Å²) in [5, 5.41) is 0. The third kappa shape index (κ3) is 1.45. The lowest BCUT2D eigenvalue weighted by Gasteiger charge is -2.31. The van der Waals surface area contributed by atoms with Crippen LogP contribution in [0.4, 0.5) is 0 Å². The standard InChI is InChI=1S/C8H16O/c1-6-4-5-9-8(3)7(6)2/h6-8H,4-5H2,1-3H3/t6-,7-,8+/m0/s1. The molecular formula is C8H16O. The lowest BCUT2D eigenvalue weighted by molar-refractivity contribution is -0.0345. The summed E-state index contributed by atoms with van der Waals surface area (Å²) < 4.78 is 5.46. The zero-order valence-electron chi connectivity index (χ0n) is 6.55. The molecule has 1 heteroatoms. The van der Waals surface area contributed by atoms with Crippen molar-refractivity contribution in [3.63, 3.8) is 0 Å². The van der Waals surface area contributed by atoms with E-state index in [9.17, 15) is 0 Å². The highest BCUT2D eigenvalue weighted by atomic mass is 16.5. The highest BCUT2D eigenvalue weighted by molar-refractivity contribution is 4.72. The van der Waals surface area contributed by atoms with Crippen LogP contribution in [0.25, 0.3) is 0 Å². The van der Waals surface area contributed by atoms with Gasteiger partial charge in [0.15, 0.2) is 0 Å². The van der Waals surface area contributed by atoms with Gasteiger partial charge in [0, 0.05) is 6.61 Å². The topological polar surface area (TPSA) is 9.23 Å². The molecule has 0 aromatic carbocycles. The SMILES string of the molecule is C[C@H]1[C@@H](C)CCO[C@@H]1C. The van der Waals surface area contributed by atoms with Crippen LogP contribution in [-0.2, 0) is 4.74 Å². The van der Waals surface area contributed by atoms with Crippen LogP contribution >= 0.6 is 0 Å². The molecule has 0 amide bonds. The fourth-order valence-electron chi connectivity index (χ4n) is 1.32. The Bertz CT molecular complexity index is 80.6. The fourth-order valence-corrected chi connectivity index (χ4v) is 1.32. The van der Waals surface area contributed by atoms with Crippen LogP contribution in [0.15, 0.2) is 0 Å². The zero-order chi connectivity index (χ0) is 6.85. The van der Waals surface area contributed by atoms with E-state index < -0.39 is 0 Å². The molecule has 0 saturated carbocycles. The molecule has 0 aromatic heterocycles. The number of hydrogen-bond donors (Lipinski definition) is 0. The molecule has 9 heavy (non-hydrogen) atoms. The van der Waals surface area contributed by atoms with Gasteiger partial charge in [-0.2, -0.15) is 0 Å². The molecule has 1 aliphatic rings. The number of ether oxygens (including phenoxy) is 1. The maximum absolute atomic E-state index is 5.46. The van der Waals surface area contributed by atoms with E-state index in [0.717, 1.165) is 18.4 Å². The summed E-state index contributed by atoms with van der Waals surface area (Å²) in [6.45, 7) is 7.71. The second-order valence-electron chi connectivity index (χ2n) is 3.20. The maximum atomic E-state index is 5.46. The predicted octanol–water partition coefficient (Wildman–Crippen LogP) is 2.07. The Hall–Kier alpha value is -0.0400. The summed E-state index contributed by atoms with van der Waals surface area (Å²) in [7, 11) is 0. The Labute approximate surface area is 57.4 Å². The van der Waals surface area contributed by atoms with Gasteiger partial charge in [-0.15, -0.1) is 0 Å². The van der Waals surface area contributed by atoms with Crippen LogP contribution in [0.5, 0.6) is 0 Å². The van der Waals surface area contributed by atoms with E-state index in [-0.39, 0.29) is 0 Å². The first-order valence-corrected chi connectivity index (χ1v) is 3.83. The number of hydrogen-bond acceptors (Lipinski definition) is 1. The second-order valence-corrected chi connectivity index (χ2v) is 3.20. The Kier molecular flexibility index (Phi) is 2.12. The predicted molar refractivity (Wildman–Crippen MR) is 38.4 cm³/mol. The molecular weight excluding hydrogens is 112 g/mol. The molecule has 1 aliphatic heterocycles. The van der Waals surface area contributed by atoms with Crippen LogP contribution in [0.1, 0.15) is 27.2 Å². The third-order valence-electron chi connectivity index (χ3n) is 2.59. The van der Waals surface area contributed by atoms with E-state index in [1.165, 1.54) is 6.42 Å². The minimum atomic E-state index is 0.480. The van der Waals surface area contributed by atoms with Gasteiger partial charge in [0.25, 0.3) is 0 Å². The molecule has 0 N–H and O–H groups in total. The van der Waals surface area contributed by atoms with E-state index in [2.05, 4.69) is 20.8 Å². The summed E-state index contributed by atoms with van der Waals surface area (Å²) in [4.78, 5) is 0. The van der Waals surface area contributed by atoms with Gasteiger partial charge in [0.2, 0.25) is 0 Å². The van der Waals surface area contributed by atoms with Crippen molar-refractivity contribution in [3.05, 3.63) is 0 Å². The number of rotatable bonds is 0. The normalized spacial score (nSPS) is 45.0. The Balaban J connectivity index is 2.41. The summed E-state index contributed by atoms with van der Waals surface area (Å²) >= 11 is 0. The van der Waals surface area contributed by atoms with E-state index in [1.807, 2.05) is 0 Å². The molecule has 0 aliphatic carbocycles. The van der Waals surface area contributed by atoms with Crippen molar-refractivity contribution in [1.82, 2.24) is 0 Å². The molecule has 0 radical (unpaired) electrons. The molecule has 0 aromatic rings.